The van der Waals surface area contributed by atoms with Gasteiger partial charge in [-0.3, -0.25) is 9.35 Å². The first kappa shape index (κ1) is 19.1. The predicted molar refractivity (Wildman–Crippen MR) is 99.7 cm³/mol. The summed E-state index contributed by atoms with van der Waals surface area (Å²) in [5.41, 5.74) is 1.69. The lowest BCUT2D eigenvalue weighted by Gasteiger charge is -2.12. The van der Waals surface area contributed by atoms with Gasteiger partial charge in [0.1, 0.15) is 0 Å². The van der Waals surface area contributed by atoms with E-state index in [0.717, 1.165) is 0 Å². The van der Waals surface area contributed by atoms with Crippen molar-refractivity contribution in [2.24, 2.45) is 4.36 Å². The van der Waals surface area contributed by atoms with Crippen LogP contribution in [-0.4, -0.2) is 38.0 Å². The highest BCUT2D eigenvalue weighted by Gasteiger charge is 2.19. The highest BCUT2D eigenvalue weighted by Crippen LogP contribution is 2.30. The number of pyridine rings is 1. The van der Waals surface area contributed by atoms with Gasteiger partial charge in [-0.15, -0.1) is 0 Å². The van der Waals surface area contributed by atoms with Crippen molar-refractivity contribution >= 4 is 48.3 Å². The van der Waals surface area contributed by atoms with Crippen molar-refractivity contribution in [3.05, 3.63) is 53.6 Å². The van der Waals surface area contributed by atoms with Crippen molar-refractivity contribution in [2.75, 3.05) is 5.75 Å². The Morgan fingerprint density at radius 1 is 1.07 bits per heavy atom. The molecule has 0 aliphatic rings. The topological polar surface area (TPSA) is 131 Å². The molecule has 0 unspecified atom stereocenters. The second-order valence-corrected chi connectivity index (χ2v) is 8.01. The molecule has 1 N–H and O–H groups in total. The second-order valence-electron chi connectivity index (χ2n) is 5.82. The average molecular weight is 406 g/mol. The van der Waals surface area contributed by atoms with Gasteiger partial charge in [-0.2, -0.15) is 16.8 Å². The normalized spacial score (nSPS) is 11.6. The van der Waals surface area contributed by atoms with Gasteiger partial charge in [-0.05, 0) is 30.5 Å². The summed E-state index contributed by atoms with van der Waals surface area (Å²) in [6.45, 7) is 0. The SMILES string of the molecule is O=C(N=S(=O)=O)c1c2ccccc2nc2cccc(CCCS(=O)(=O)O)c12. The Labute approximate surface area is 156 Å². The number of aryl methyl sites for hydroxylation is 1. The molecule has 0 aliphatic carbocycles. The van der Waals surface area contributed by atoms with E-state index in [0.29, 0.717) is 27.4 Å². The van der Waals surface area contributed by atoms with Crippen LogP contribution in [0.5, 0.6) is 0 Å². The average Bonchev–Trinajstić information content (AvgIpc) is 2.58. The van der Waals surface area contributed by atoms with Crippen molar-refractivity contribution in [3.63, 3.8) is 0 Å². The van der Waals surface area contributed by atoms with Crippen molar-refractivity contribution in [1.82, 2.24) is 4.98 Å². The van der Waals surface area contributed by atoms with E-state index in [-0.39, 0.29) is 18.4 Å². The lowest BCUT2D eigenvalue weighted by molar-refractivity contribution is 0.101. The predicted octanol–water partition coefficient (Wildman–Crippen LogP) is 2.41. The summed E-state index contributed by atoms with van der Waals surface area (Å²) in [5.74, 6) is -1.35. The standard InChI is InChI=1S/C17H14N2O6S2/c20-17(19-26(21)22)16-12-7-1-2-8-13(12)18-14-9-3-5-11(15(14)16)6-4-10-27(23,24)25/h1-3,5,7-9H,4,6,10H2,(H,23,24,25). The molecule has 1 aromatic heterocycles. The van der Waals surface area contributed by atoms with Crippen molar-refractivity contribution in [2.45, 2.75) is 12.8 Å². The first-order valence-electron chi connectivity index (χ1n) is 7.87. The summed E-state index contributed by atoms with van der Waals surface area (Å²) in [7, 11) is -7.02. The number of fused-ring (bicyclic) bond motifs is 2. The van der Waals surface area contributed by atoms with Crippen LogP contribution in [0.1, 0.15) is 22.3 Å². The molecule has 140 valence electrons. The number of para-hydroxylation sites is 1. The largest absolute Gasteiger partial charge is 0.319 e. The van der Waals surface area contributed by atoms with Crippen LogP contribution < -0.4 is 0 Å². The number of amides is 1. The molecular formula is C17H14N2O6S2. The smallest absolute Gasteiger partial charge is 0.286 e. The van der Waals surface area contributed by atoms with Crippen LogP contribution in [0.3, 0.4) is 0 Å². The van der Waals surface area contributed by atoms with Gasteiger partial charge in [0.15, 0.2) is 0 Å². The quantitative estimate of drug-likeness (QED) is 0.508. The zero-order valence-electron chi connectivity index (χ0n) is 13.9. The van der Waals surface area contributed by atoms with E-state index in [2.05, 4.69) is 9.35 Å². The van der Waals surface area contributed by atoms with Gasteiger partial charge < -0.3 is 0 Å². The summed E-state index contributed by atoms with van der Waals surface area (Å²) in [6.07, 6.45) is 0.376. The number of aromatic nitrogens is 1. The zero-order chi connectivity index (χ0) is 19.6. The fourth-order valence-electron chi connectivity index (χ4n) is 3.00. The molecule has 3 rings (SSSR count). The van der Waals surface area contributed by atoms with Crippen molar-refractivity contribution < 1.29 is 26.2 Å². The van der Waals surface area contributed by atoms with Gasteiger partial charge in [0.25, 0.3) is 16.0 Å². The Morgan fingerprint density at radius 2 is 1.78 bits per heavy atom. The van der Waals surface area contributed by atoms with Gasteiger partial charge in [0.05, 0.1) is 22.3 Å². The maximum absolute atomic E-state index is 12.5. The lowest BCUT2D eigenvalue weighted by atomic mass is 9.96. The minimum absolute atomic E-state index is 0.0993. The molecule has 27 heavy (non-hydrogen) atoms. The molecule has 1 amide bonds. The van der Waals surface area contributed by atoms with Crippen molar-refractivity contribution in [3.8, 4) is 0 Å². The Morgan fingerprint density at radius 3 is 2.48 bits per heavy atom. The molecule has 8 nitrogen and oxygen atoms in total. The Bertz CT molecular complexity index is 1290. The molecule has 0 atom stereocenters. The third-order valence-corrected chi connectivity index (χ3v) is 5.13. The molecule has 0 radical (unpaired) electrons. The highest BCUT2D eigenvalue weighted by atomic mass is 32.2. The van der Waals surface area contributed by atoms with Gasteiger partial charge in [-0.1, -0.05) is 34.7 Å². The van der Waals surface area contributed by atoms with Crippen LogP contribution in [0.4, 0.5) is 0 Å². The molecular weight excluding hydrogens is 392 g/mol. The van der Waals surface area contributed by atoms with Crippen LogP contribution in [0, 0.1) is 0 Å². The first-order chi connectivity index (χ1) is 12.8. The van der Waals surface area contributed by atoms with E-state index in [1.807, 2.05) is 0 Å². The number of nitrogens with zero attached hydrogens (tertiary/aromatic N) is 2. The van der Waals surface area contributed by atoms with E-state index < -0.39 is 32.3 Å². The molecule has 0 saturated carbocycles. The zero-order valence-corrected chi connectivity index (χ0v) is 15.5. The van der Waals surface area contributed by atoms with E-state index in [9.17, 15) is 21.6 Å². The Kier molecular flexibility index (Phi) is 5.31. The Hall–Kier alpha value is -2.69. The fraction of sp³-hybridized carbons (Fsp3) is 0.176. The molecule has 0 bridgehead atoms. The molecule has 1 heterocycles. The van der Waals surface area contributed by atoms with Gasteiger partial charge in [0, 0.05) is 10.8 Å². The van der Waals surface area contributed by atoms with Gasteiger partial charge in [0.2, 0.25) is 0 Å². The second kappa shape index (κ2) is 7.51. The molecule has 0 fully saturated rings. The lowest BCUT2D eigenvalue weighted by Crippen LogP contribution is -2.06. The summed E-state index contributed by atoms with van der Waals surface area (Å²) in [5, 5.41) is 0.872. The van der Waals surface area contributed by atoms with Crippen LogP contribution in [0.2, 0.25) is 0 Å². The van der Waals surface area contributed by atoms with Crippen LogP contribution >= 0.6 is 0 Å². The monoisotopic (exact) mass is 406 g/mol. The molecule has 10 heteroatoms. The fourth-order valence-corrected chi connectivity index (χ4v) is 3.74. The van der Waals surface area contributed by atoms with E-state index >= 15 is 0 Å². The summed E-state index contributed by atoms with van der Waals surface area (Å²) >= 11 is 0. The maximum Gasteiger partial charge on any atom is 0.319 e. The van der Waals surface area contributed by atoms with Crippen LogP contribution in [0.25, 0.3) is 21.8 Å². The minimum Gasteiger partial charge on any atom is -0.286 e. The third-order valence-electron chi connectivity index (χ3n) is 4.01. The van der Waals surface area contributed by atoms with Crippen LogP contribution in [0.15, 0.2) is 46.8 Å². The highest BCUT2D eigenvalue weighted by molar-refractivity contribution is 7.85. The summed E-state index contributed by atoms with van der Waals surface area (Å²) < 4.78 is 55.8. The van der Waals surface area contributed by atoms with E-state index in [1.165, 1.54) is 0 Å². The van der Waals surface area contributed by atoms with Crippen molar-refractivity contribution in [1.29, 1.82) is 0 Å². The minimum atomic E-state index is -4.11. The molecule has 0 spiro atoms. The molecule has 0 saturated heterocycles. The molecule has 2 aromatic carbocycles. The summed E-state index contributed by atoms with van der Waals surface area (Å²) in [4.78, 5) is 17.0. The number of carbonyl (C=O) groups excluding carboxylic acids is 1. The molecule has 0 aliphatic heterocycles. The van der Waals surface area contributed by atoms with E-state index in [1.54, 1.807) is 42.5 Å². The maximum atomic E-state index is 12.5. The number of hydrogen-bond acceptors (Lipinski definition) is 6. The first-order valence-corrected chi connectivity index (χ1v) is 10.5. The van der Waals surface area contributed by atoms with E-state index in [4.69, 9.17) is 4.55 Å². The third kappa shape index (κ3) is 4.35. The van der Waals surface area contributed by atoms with Gasteiger partial charge >= 0.3 is 10.5 Å². The Balaban J connectivity index is 2.28. The number of rotatable bonds is 5. The summed E-state index contributed by atoms with van der Waals surface area (Å²) in [6, 6.07) is 11.9. The number of benzene rings is 2. The molecule has 3 aromatic rings. The number of hydrogen-bond donors (Lipinski definition) is 1. The van der Waals surface area contributed by atoms with Gasteiger partial charge in [-0.25, -0.2) is 4.98 Å². The van der Waals surface area contributed by atoms with Crippen LogP contribution in [-0.2, 0) is 27.0 Å². The number of carbonyl (C=O) groups is 1.